The van der Waals surface area contributed by atoms with Gasteiger partial charge in [-0.25, -0.2) is 4.98 Å². The number of aryl methyl sites for hydroxylation is 1. The van der Waals surface area contributed by atoms with Crippen molar-refractivity contribution in [1.82, 2.24) is 4.98 Å². The molecule has 1 aromatic heterocycles. The zero-order valence-corrected chi connectivity index (χ0v) is 10.7. The number of anilines is 1. The zero-order chi connectivity index (χ0) is 10.7. The monoisotopic (exact) mass is 282 g/mol. The molecule has 0 unspecified atom stereocenters. The van der Waals surface area contributed by atoms with Crippen LogP contribution in [0.4, 0.5) is 5.69 Å². The molecule has 0 spiro atoms. The molecule has 1 aromatic carbocycles. The highest BCUT2D eigenvalue weighted by Crippen LogP contribution is 2.21. The Morgan fingerprint density at radius 2 is 2.33 bits per heavy atom. The maximum atomic E-state index is 4.23. The number of rotatable bonds is 3. The topological polar surface area (TPSA) is 24.9 Å². The summed E-state index contributed by atoms with van der Waals surface area (Å²) >= 11 is 5.08. The van der Waals surface area contributed by atoms with E-state index in [0.717, 1.165) is 22.4 Å². The van der Waals surface area contributed by atoms with Gasteiger partial charge in [0.05, 0.1) is 17.7 Å². The average Bonchev–Trinajstić information content (AvgIpc) is 2.72. The van der Waals surface area contributed by atoms with Crippen LogP contribution in [0.2, 0.25) is 0 Å². The van der Waals surface area contributed by atoms with Gasteiger partial charge in [0.1, 0.15) is 0 Å². The van der Waals surface area contributed by atoms with Gasteiger partial charge in [-0.2, -0.15) is 0 Å². The van der Waals surface area contributed by atoms with Gasteiger partial charge in [-0.05, 0) is 24.6 Å². The Bertz CT molecular complexity index is 440. The maximum Gasteiger partial charge on any atom is 0.0795 e. The van der Waals surface area contributed by atoms with Crippen LogP contribution in [0.1, 0.15) is 11.3 Å². The van der Waals surface area contributed by atoms with E-state index in [1.54, 1.807) is 11.3 Å². The first-order valence-electron chi connectivity index (χ1n) is 4.63. The lowest BCUT2D eigenvalue weighted by Crippen LogP contribution is -2.00. The first-order valence-corrected chi connectivity index (χ1v) is 6.36. The second kappa shape index (κ2) is 4.77. The van der Waals surface area contributed by atoms with Crippen molar-refractivity contribution in [2.24, 2.45) is 0 Å². The molecule has 0 aliphatic carbocycles. The molecule has 2 nitrogen and oxygen atoms in total. The van der Waals surface area contributed by atoms with Crippen LogP contribution in [0.3, 0.4) is 0 Å². The summed E-state index contributed by atoms with van der Waals surface area (Å²) in [5, 5.41) is 5.43. The Kier molecular flexibility index (Phi) is 3.38. The lowest BCUT2D eigenvalue weighted by molar-refractivity contribution is 1.07. The SMILES string of the molecule is Cc1ccc(Br)cc1NCc1cscn1. The fourth-order valence-electron chi connectivity index (χ4n) is 1.30. The van der Waals surface area contributed by atoms with E-state index in [-0.39, 0.29) is 0 Å². The fourth-order valence-corrected chi connectivity index (χ4v) is 2.21. The summed E-state index contributed by atoms with van der Waals surface area (Å²) in [4.78, 5) is 4.23. The van der Waals surface area contributed by atoms with E-state index in [0.29, 0.717) is 0 Å². The minimum atomic E-state index is 0.779. The van der Waals surface area contributed by atoms with Crippen LogP contribution in [-0.4, -0.2) is 4.98 Å². The minimum Gasteiger partial charge on any atom is -0.379 e. The molecule has 0 saturated carbocycles. The molecule has 4 heteroatoms. The fraction of sp³-hybridized carbons (Fsp3) is 0.182. The molecule has 0 fully saturated rings. The number of benzene rings is 1. The average molecular weight is 283 g/mol. The van der Waals surface area contributed by atoms with Gasteiger partial charge in [-0.15, -0.1) is 11.3 Å². The predicted molar refractivity (Wildman–Crippen MR) is 68.3 cm³/mol. The summed E-state index contributed by atoms with van der Waals surface area (Å²) < 4.78 is 1.09. The summed E-state index contributed by atoms with van der Waals surface area (Å²) in [6, 6.07) is 6.22. The van der Waals surface area contributed by atoms with Crippen LogP contribution < -0.4 is 5.32 Å². The third-order valence-electron chi connectivity index (χ3n) is 2.14. The number of nitrogens with one attached hydrogen (secondary N) is 1. The molecule has 78 valence electrons. The molecule has 0 bridgehead atoms. The van der Waals surface area contributed by atoms with E-state index < -0.39 is 0 Å². The Labute approximate surface area is 101 Å². The smallest absolute Gasteiger partial charge is 0.0795 e. The van der Waals surface area contributed by atoms with Crippen LogP contribution in [0.25, 0.3) is 0 Å². The third kappa shape index (κ3) is 2.79. The summed E-state index contributed by atoms with van der Waals surface area (Å²) in [5.41, 5.74) is 5.33. The van der Waals surface area contributed by atoms with Gasteiger partial charge in [-0.1, -0.05) is 22.0 Å². The van der Waals surface area contributed by atoms with E-state index in [9.17, 15) is 0 Å². The quantitative estimate of drug-likeness (QED) is 0.926. The molecule has 15 heavy (non-hydrogen) atoms. The highest BCUT2D eigenvalue weighted by Gasteiger charge is 1.99. The van der Waals surface area contributed by atoms with Crippen molar-refractivity contribution in [2.75, 3.05) is 5.32 Å². The Balaban J connectivity index is 2.07. The summed E-state index contributed by atoms with van der Waals surface area (Å²) in [7, 11) is 0. The minimum absolute atomic E-state index is 0.779. The zero-order valence-electron chi connectivity index (χ0n) is 8.33. The van der Waals surface area contributed by atoms with Crippen molar-refractivity contribution in [3.8, 4) is 0 Å². The Hall–Kier alpha value is -0.870. The second-order valence-electron chi connectivity index (χ2n) is 3.29. The van der Waals surface area contributed by atoms with E-state index in [1.807, 2.05) is 11.6 Å². The van der Waals surface area contributed by atoms with Gasteiger partial charge in [0.2, 0.25) is 0 Å². The van der Waals surface area contributed by atoms with Crippen LogP contribution >= 0.6 is 27.3 Å². The van der Waals surface area contributed by atoms with Crippen molar-refractivity contribution >= 4 is 33.0 Å². The number of hydrogen-bond acceptors (Lipinski definition) is 3. The van der Waals surface area contributed by atoms with Gasteiger partial charge >= 0.3 is 0 Å². The van der Waals surface area contributed by atoms with Gasteiger partial charge in [0.15, 0.2) is 0 Å². The second-order valence-corrected chi connectivity index (χ2v) is 4.93. The number of nitrogens with zero attached hydrogens (tertiary/aromatic N) is 1. The molecule has 0 amide bonds. The van der Waals surface area contributed by atoms with Gasteiger partial charge in [0, 0.05) is 15.5 Å². The number of aromatic nitrogens is 1. The lowest BCUT2D eigenvalue weighted by atomic mass is 10.2. The predicted octanol–water partition coefficient (Wildman–Crippen LogP) is 3.83. The van der Waals surface area contributed by atoms with Crippen LogP contribution in [0.5, 0.6) is 0 Å². The largest absolute Gasteiger partial charge is 0.379 e. The van der Waals surface area contributed by atoms with E-state index >= 15 is 0 Å². The molecule has 0 aliphatic heterocycles. The van der Waals surface area contributed by atoms with Crippen LogP contribution in [0.15, 0.2) is 33.6 Å². The van der Waals surface area contributed by atoms with Gasteiger partial charge in [-0.3, -0.25) is 0 Å². The third-order valence-corrected chi connectivity index (χ3v) is 3.27. The molecular weight excluding hydrogens is 272 g/mol. The summed E-state index contributed by atoms with van der Waals surface area (Å²) in [6.07, 6.45) is 0. The molecular formula is C11H11BrN2S. The number of halogens is 1. The first-order chi connectivity index (χ1) is 7.25. The van der Waals surface area contributed by atoms with Crippen molar-refractivity contribution in [2.45, 2.75) is 13.5 Å². The Morgan fingerprint density at radius 1 is 1.47 bits per heavy atom. The van der Waals surface area contributed by atoms with Gasteiger partial charge in [0.25, 0.3) is 0 Å². The van der Waals surface area contributed by atoms with Crippen molar-refractivity contribution in [3.05, 3.63) is 44.8 Å². The Morgan fingerprint density at radius 3 is 3.07 bits per heavy atom. The van der Waals surface area contributed by atoms with Gasteiger partial charge < -0.3 is 5.32 Å². The normalized spacial score (nSPS) is 10.3. The lowest BCUT2D eigenvalue weighted by Gasteiger charge is -2.08. The van der Waals surface area contributed by atoms with Crippen molar-refractivity contribution in [3.63, 3.8) is 0 Å². The molecule has 0 saturated heterocycles. The van der Waals surface area contributed by atoms with E-state index in [1.165, 1.54) is 5.56 Å². The molecule has 1 N–H and O–H groups in total. The highest BCUT2D eigenvalue weighted by atomic mass is 79.9. The summed E-state index contributed by atoms with van der Waals surface area (Å²) in [5.74, 6) is 0. The van der Waals surface area contributed by atoms with Crippen molar-refractivity contribution in [1.29, 1.82) is 0 Å². The number of thiazole rings is 1. The highest BCUT2D eigenvalue weighted by molar-refractivity contribution is 9.10. The van der Waals surface area contributed by atoms with Crippen LogP contribution in [0, 0.1) is 6.92 Å². The molecule has 0 atom stereocenters. The maximum absolute atomic E-state index is 4.23. The summed E-state index contributed by atoms with van der Waals surface area (Å²) in [6.45, 7) is 2.87. The van der Waals surface area contributed by atoms with E-state index in [2.05, 4.69) is 50.7 Å². The molecule has 2 rings (SSSR count). The molecule has 0 radical (unpaired) electrons. The van der Waals surface area contributed by atoms with Crippen molar-refractivity contribution < 1.29 is 0 Å². The van der Waals surface area contributed by atoms with Crippen LogP contribution in [-0.2, 0) is 6.54 Å². The first kappa shape index (κ1) is 10.6. The number of hydrogen-bond donors (Lipinski definition) is 1. The van der Waals surface area contributed by atoms with E-state index in [4.69, 9.17) is 0 Å². The molecule has 1 heterocycles. The molecule has 2 aromatic rings. The molecule has 0 aliphatic rings. The standard InChI is InChI=1S/C11H11BrN2S/c1-8-2-3-9(12)4-11(8)13-5-10-6-15-7-14-10/h2-4,6-7,13H,5H2,1H3.